The highest BCUT2D eigenvalue weighted by molar-refractivity contribution is 5.89. The number of benzene rings is 1. The Bertz CT molecular complexity index is 1250. The van der Waals surface area contributed by atoms with Gasteiger partial charge in [-0.05, 0) is 32.0 Å². The molecule has 4 aromatic heterocycles. The lowest BCUT2D eigenvalue weighted by Crippen LogP contribution is -2.06. The molecular weight excluding hydrogens is 340 g/mol. The lowest BCUT2D eigenvalue weighted by atomic mass is 10.3. The van der Waals surface area contributed by atoms with E-state index in [0.29, 0.717) is 6.42 Å². The SMILES string of the molecule is Cc1cc(C)n(CCc2nc3c4cnn(-c5ccccc5)c4ncn3n2)n1. The molecule has 8 heteroatoms. The number of para-hydroxylation sites is 1. The second-order valence-electron chi connectivity index (χ2n) is 6.57. The summed E-state index contributed by atoms with van der Waals surface area (Å²) in [5, 5.41) is 14.4. The summed E-state index contributed by atoms with van der Waals surface area (Å²) >= 11 is 0. The number of aryl methyl sites for hydroxylation is 4. The average Bonchev–Trinajstić information content (AvgIpc) is 3.36. The maximum absolute atomic E-state index is 4.72. The molecule has 4 heterocycles. The Kier molecular flexibility index (Phi) is 3.49. The zero-order chi connectivity index (χ0) is 18.4. The molecular formula is C19H18N8. The van der Waals surface area contributed by atoms with Gasteiger partial charge in [-0.2, -0.15) is 10.2 Å². The third-order valence-electron chi connectivity index (χ3n) is 4.60. The van der Waals surface area contributed by atoms with Crippen molar-refractivity contribution in [1.29, 1.82) is 0 Å². The fraction of sp³-hybridized carbons (Fsp3) is 0.211. The van der Waals surface area contributed by atoms with E-state index in [1.807, 2.05) is 46.6 Å². The molecule has 0 unspecified atom stereocenters. The van der Waals surface area contributed by atoms with Crippen LogP contribution in [0.4, 0.5) is 0 Å². The van der Waals surface area contributed by atoms with Crippen LogP contribution in [0.15, 0.2) is 48.9 Å². The second kappa shape index (κ2) is 6.01. The van der Waals surface area contributed by atoms with E-state index in [1.54, 1.807) is 17.0 Å². The summed E-state index contributed by atoms with van der Waals surface area (Å²) in [6, 6.07) is 12.0. The third kappa shape index (κ3) is 2.66. The molecule has 0 bridgehead atoms. The molecule has 1 aromatic carbocycles. The van der Waals surface area contributed by atoms with E-state index >= 15 is 0 Å². The van der Waals surface area contributed by atoms with Gasteiger partial charge in [0.25, 0.3) is 0 Å². The smallest absolute Gasteiger partial charge is 0.170 e. The Morgan fingerprint density at radius 2 is 1.85 bits per heavy atom. The van der Waals surface area contributed by atoms with Crippen LogP contribution in [0.5, 0.6) is 0 Å². The molecule has 0 aliphatic rings. The van der Waals surface area contributed by atoms with Gasteiger partial charge in [0.2, 0.25) is 0 Å². The molecule has 0 saturated carbocycles. The summed E-state index contributed by atoms with van der Waals surface area (Å²) in [5.41, 5.74) is 4.67. The molecule has 0 aliphatic carbocycles. The first-order valence-corrected chi connectivity index (χ1v) is 8.83. The standard InChI is InChI=1S/C19H18N8/c1-13-10-14(2)25(23-13)9-8-17-22-19-16-11-21-27(15-6-4-3-5-7-15)18(16)20-12-26(19)24-17/h3-7,10-12H,8-9H2,1-2H3. The minimum Gasteiger partial charge on any atom is -0.269 e. The summed E-state index contributed by atoms with van der Waals surface area (Å²) in [6.07, 6.45) is 4.20. The predicted octanol–water partition coefficient (Wildman–Crippen LogP) is 2.52. The molecule has 134 valence electrons. The number of nitrogens with zero attached hydrogens (tertiary/aromatic N) is 8. The highest BCUT2D eigenvalue weighted by atomic mass is 15.4. The number of hydrogen-bond acceptors (Lipinski definition) is 5. The van der Waals surface area contributed by atoms with Gasteiger partial charge < -0.3 is 0 Å². The van der Waals surface area contributed by atoms with Crippen LogP contribution in [0.3, 0.4) is 0 Å². The number of hydrogen-bond donors (Lipinski definition) is 0. The highest BCUT2D eigenvalue weighted by Crippen LogP contribution is 2.19. The van der Waals surface area contributed by atoms with E-state index in [0.717, 1.165) is 46.1 Å². The van der Waals surface area contributed by atoms with Crippen molar-refractivity contribution in [2.75, 3.05) is 0 Å². The minimum absolute atomic E-state index is 0.706. The lowest BCUT2D eigenvalue weighted by Gasteiger charge is -2.01. The maximum Gasteiger partial charge on any atom is 0.170 e. The molecule has 0 N–H and O–H groups in total. The Balaban J connectivity index is 1.51. The summed E-state index contributed by atoms with van der Waals surface area (Å²) in [4.78, 5) is 9.25. The topological polar surface area (TPSA) is 78.7 Å². The molecule has 0 radical (unpaired) electrons. The van der Waals surface area contributed by atoms with Crippen LogP contribution in [0, 0.1) is 13.8 Å². The van der Waals surface area contributed by atoms with Crippen LogP contribution < -0.4 is 0 Å². The van der Waals surface area contributed by atoms with Gasteiger partial charge in [0.05, 0.1) is 23.0 Å². The average molecular weight is 358 g/mol. The normalized spacial score (nSPS) is 11.6. The zero-order valence-electron chi connectivity index (χ0n) is 15.1. The summed E-state index contributed by atoms with van der Waals surface area (Å²) in [7, 11) is 0. The van der Waals surface area contributed by atoms with Crippen molar-refractivity contribution in [3.63, 3.8) is 0 Å². The van der Waals surface area contributed by atoms with Crippen LogP contribution in [0.2, 0.25) is 0 Å². The first-order valence-electron chi connectivity index (χ1n) is 8.83. The summed E-state index contributed by atoms with van der Waals surface area (Å²) in [5.74, 6) is 0.768. The molecule has 0 atom stereocenters. The quantitative estimate of drug-likeness (QED) is 0.493. The molecule has 0 spiro atoms. The van der Waals surface area contributed by atoms with E-state index in [9.17, 15) is 0 Å². The van der Waals surface area contributed by atoms with Crippen molar-refractivity contribution in [1.82, 2.24) is 39.1 Å². The number of fused-ring (bicyclic) bond motifs is 3. The molecule has 0 amide bonds. The summed E-state index contributed by atoms with van der Waals surface area (Å²) < 4.78 is 5.53. The monoisotopic (exact) mass is 358 g/mol. The van der Waals surface area contributed by atoms with E-state index in [4.69, 9.17) is 4.98 Å². The van der Waals surface area contributed by atoms with Crippen LogP contribution in [0.25, 0.3) is 22.4 Å². The molecule has 0 fully saturated rings. The van der Waals surface area contributed by atoms with Crippen LogP contribution in [-0.4, -0.2) is 39.1 Å². The number of rotatable bonds is 4. The largest absolute Gasteiger partial charge is 0.269 e. The van der Waals surface area contributed by atoms with Crippen molar-refractivity contribution >= 4 is 16.7 Å². The van der Waals surface area contributed by atoms with E-state index in [1.165, 1.54) is 0 Å². The van der Waals surface area contributed by atoms with Gasteiger partial charge in [0.1, 0.15) is 6.33 Å². The van der Waals surface area contributed by atoms with Crippen LogP contribution >= 0.6 is 0 Å². The maximum atomic E-state index is 4.72. The van der Waals surface area contributed by atoms with Crippen LogP contribution in [0.1, 0.15) is 17.2 Å². The molecule has 5 aromatic rings. The van der Waals surface area contributed by atoms with Gasteiger partial charge in [0.15, 0.2) is 17.1 Å². The molecule has 0 aliphatic heterocycles. The van der Waals surface area contributed by atoms with Gasteiger partial charge >= 0.3 is 0 Å². The molecule has 27 heavy (non-hydrogen) atoms. The Hall–Kier alpha value is -3.55. The van der Waals surface area contributed by atoms with Crippen molar-refractivity contribution < 1.29 is 0 Å². The third-order valence-corrected chi connectivity index (χ3v) is 4.60. The second-order valence-corrected chi connectivity index (χ2v) is 6.57. The van der Waals surface area contributed by atoms with Crippen molar-refractivity contribution in [3.8, 4) is 5.69 Å². The van der Waals surface area contributed by atoms with Gasteiger partial charge in [-0.15, -0.1) is 5.10 Å². The Labute approximate surface area is 155 Å². The number of aromatic nitrogens is 8. The van der Waals surface area contributed by atoms with Gasteiger partial charge in [-0.25, -0.2) is 19.2 Å². The summed E-state index contributed by atoms with van der Waals surface area (Å²) in [6.45, 7) is 4.80. The Morgan fingerprint density at radius 1 is 1.00 bits per heavy atom. The Morgan fingerprint density at radius 3 is 2.63 bits per heavy atom. The van der Waals surface area contributed by atoms with Crippen molar-refractivity contribution in [2.45, 2.75) is 26.8 Å². The van der Waals surface area contributed by atoms with Gasteiger partial charge in [0, 0.05) is 18.7 Å². The fourth-order valence-corrected chi connectivity index (χ4v) is 3.34. The zero-order valence-corrected chi connectivity index (χ0v) is 15.1. The van der Waals surface area contributed by atoms with E-state index < -0.39 is 0 Å². The highest BCUT2D eigenvalue weighted by Gasteiger charge is 2.13. The molecule has 0 saturated heterocycles. The van der Waals surface area contributed by atoms with Crippen LogP contribution in [-0.2, 0) is 13.0 Å². The first kappa shape index (κ1) is 15.7. The molecule has 5 rings (SSSR count). The fourth-order valence-electron chi connectivity index (χ4n) is 3.34. The minimum atomic E-state index is 0.706. The first-order chi connectivity index (χ1) is 13.2. The predicted molar refractivity (Wildman–Crippen MR) is 101 cm³/mol. The van der Waals surface area contributed by atoms with E-state index in [2.05, 4.69) is 33.3 Å². The van der Waals surface area contributed by atoms with Crippen molar-refractivity contribution in [3.05, 3.63) is 66.1 Å². The lowest BCUT2D eigenvalue weighted by molar-refractivity contribution is 0.581. The molecule has 8 nitrogen and oxygen atoms in total. The van der Waals surface area contributed by atoms with Gasteiger partial charge in [-0.3, -0.25) is 4.68 Å². The van der Waals surface area contributed by atoms with Gasteiger partial charge in [-0.1, -0.05) is 18.2 Å². The van der Waals surface area contributed by atoms with E-state index in [-0.39, 0.29) is 0 Å². The van der Waals surface area contributed by atoms with Crippen molar-refractivity contribution in [2.24, 2.45) is 0 Å².